The highest BCUT2D eigenvalue weighted by Crippen LogP contribution is 2.15. The van der Waals surface area contributed by atoms with E-state index < -0.39 is 0 Å². The highest BCUT2D eigenvalue weighted by molar-refractivity contribution is 6.00. The maximum Gasteiger partial charge on any atom is 0.251 e. The van der Waals surface area contributed by atoms with Crippen molar-refractivity contribution >= 4 is 23.3 Å². The monoisotopic (exact) mass is 354 g/mol. The van der Waals surface area contributed by atoms with Crippen molar-refractivity contribution in [2.75, 3.05) is 19.0 Å². The van der Waals surface area contributed by atoms with Gasteiger partial charge < -0.3 is 15.4 Å². The van der Waals surface area contributed by atoms with Crippen LogP contribution in [0, 0.1) is 0 Å². The van der Waals surface area contributed by atoms with E-state index in [-0.39, 0.29) is 30.4 Å². The van der Waals surface area contributed by atoms with Gasteiger partial charge in [-0.05, 0) is 55.5 Å². The second-order valence-electron chi connectivity index (χ2n) is 5.59. The SMILES string of the molecule is CCOc1ccc(C(=O)CCC(=O)Nc2ccc(C(=O)NC)cc2)cc1. The molecule has 0 aromatic heterocycles. The molecule has 0 spiro atoms. The zero-order valence-corrected chi connectivity index (χ0v) is 14.9. The highest BCUT2D eigenvalue weighted by Gasteiger charge is 2.10. The van der Waals surface area contributed by atoms with Crippen LogP contribution < -0.4 is 15.4 Å². The fraction of sp³-hybridized carbons (Fsp3) is 0.250. The van der Waals surface area contributed by atoms with E-state index in [1.807, 2.05) is 6.92 Å². The molecular weight excluding hydrogens is 332 g/mol. The van der Waals surface area contributed by atoms with Gasteiger partial charge in [0.05, 0.1) is 6.61 Å². The molecule has 0 unspecified atom stereocenters. The fourth-order valence-corrected chi connectivity index (χ4v) is 2.35. The van der Waals surface area contributed by atoms with E-state index in [9.17, 15) is 14.4 Å². The molecule has 0 aliphatic carbocycles. The lowest BCUT2D eigenvalue weighted by Gasteiger charge is -2.07. The topological polar surface area (TPSA) is 84.5 Å². The van der Waals surface area contributed by atoms with Crippen molar-refractivity contribution in [3.05, 3.63) is 59.7 Å². The van der Waals surface area contributed by atoms with Crippen LogP contribution in [-0.2, 0) is 4.79 Å². The minimum Gasteiger partial charge on any atom is -0.494 e. The number of rotatable bonds is 8. The second-order valence-corrected chi connectivity index (χ2v) is 5.59. The maximum atomic E-state index is 12.2. The van der Waals surface area contributed by atoms with Crippen LogP contribution in [0.5, 0.6) is 5.75 Å². The van der Waals surface area contributed by atoms with Crippen LogP contribution in [0.3, 0.4) is 0 Å². The fourth-order valence-electron chi connectivity index (χ4n) is 2.35. The minimum absolute atomic E-state index is 0.0865. The lowest BCUT2D eigenvalue weighted by molar-refractivity contribution is -0.116. The number of hydrogen-bond donors (Lipinski definition) is 2. The first kappa shape index (κ1) is 19.2. The van der Waals surface area contributed by atoms with E-state index in [1.54, 1.807) is 55.6 Å². The molecule has 0 radical (unpaired) electrons. The third-order valence-corrected chi connectivity index (χ3v) is 3.72. The van der Waals surface area contributed by atoms with Gasteiger partial charge in [0.25, 0.3) is 5.91 Å². The van der Waals surface area contributed by atoms with Gasteiger partial charge in [0.15, 0.2) is 5.78 Å². The van der Waals surface area contributed by atoms with Crippen molar-refractivity contribution in [3.8, 4) is 5.75 Å². The lowest BCUT2D eigenvalue weighted by atomic mass is 10.1. The molecule has 0 bridgehead atoms. The summed E-state index contributed by atoms with van der Waals surface area (Å²) in [5.74, 6) is 0.168. The zero-order valence-electron chi connectivity index (χ0n) is 14.9. The smallest absolute Gasteiger partial charge is 0.251 e. The van der Waals surface area contributed by atoms with Gasteiger partial charge in [0.1, 0.15) is 5.75 Å². The molecular formula is C20H22N2O4. The summed E-state index contributed by atoms with van der Waals surface area (Å²) in [6, 6.07) is 13.4. The molecule has 0 fully saturated rings. The molecule has 6 nitrogen and oxygen atoms in total. The molecule has 2 amide bonds. The number of carbonyl (C=O) groups excluding carboxylic acids is 3. The van der Waals surface area contributed by atoms with E-state index in [0.29, 0.717) is 29.2 Å². The summed E-state index contributed by atoms with van der Waals surface area (Å²) in [5.41, 5.74) is 1.64. The zero-order chi connectivity index (χ0) is 18.9. The standard InChI is InChI=1S/C20H22N2O4/c1-3-26-17-10-6-14(7-11-17)18(23)12-13-19(24)22-16-8-4-15(5-9-16)20(25)21-2/h4-11H,3,12-13H2,1-2H3,(H,21,25)(H,22,24). The largest absolute Gasteiger partial charge is 0.494 e. The van der Waals surface area contributed by atoms with Gasteiger partial charge in [-0.1, -0.05) is 0 Å². The average Bonchev–Trinajstić information content (AvgIpc) is 2.67. The molecule has 0 saturated heterocycles. The number of hydrogen-bond acceptors (Lipinski definition) is 4. The molecule has 2 rings (SSSR count). The van der Waals surface area contributed by atoms with Crippen LogP contribution in [0.25, 0.3) is 0 Å². The molecule has 136 valence electrons. The Morgan fingerprint density at radius 1 is 0.885 bits per heavy atom. The molecule has 2 aromatic carbocycles. The third kappa shape index (κ3) is 5.44. The first-order chi connectivity index (χ1) is 12.5. The molecule has 0 aliphatic rings. The number of ketones is 1. The molecule has 0 saturated carbocycles. The van der Waals surface area contributed by atoms with Crippen LogP contribution in [0.2, 0.25) is 0 Å². The van der Waals surface area contributed by atoms with Gasteiger partial charge in [-0.3, -0.25) is 14.4 Å². The molecule has 0 aliphatic heterocycles. The Bertz CT molecular complexity index is 767. The molecule has 0 heterocycles. The second kappa shape index (κ2) is 9.36. The van der Waals surface area contributed by atoms with Crippen molar-refractivity contribution < 1.29 is 19.1 Å². The summed E-state index contributed by atoms with van der Waals surface area (Å²) in [5, 5.41) is 5.24. The van der Waals surface area contributed by atoms with Crippen molar-refractivity contribution in [3.63, 3.8) is 0 Å². The predicted octanol–water partition coefficient (Wildman–Crippen LogP) is 3.05. The molecule has 6 heteroatoms. The maximum absolute atomic E-state index is 12.2. The van der Waals surface area contributed by atoms with Gasteiger partial charge in [-0.2, -0.15) is 0 Å². The van der Waals surface area contributed by atoms with Crippen molar-refractivity contribution in [2.45, 2.75) is 19.8 Å². The Hall–Kier alpha value is -3.15. The molecule has 2 N–H and O–H groups in total. The minimum atomic E-state index is -0.253. The number of amides is 2. The average molecular weight is 354 g/mol. The van der Waals surface area contributed by atoms with E-state index in [4.69, 9.17) is 4.74 Å². The van der Waals surface area contributed by atoms with E-state index in [1.165, 1.54) is 0 Å². The normalized spacial score (nSPS) is 10.1. The summed E-state index contributed by atoms with van der Waals surface area (Å²) < 4.78 is 5.34. The Kier molecular flexibility index (Phi) is 6.91. The lowest BCUT2D eigenvalue weighted by Crippen LogP contribution is -2.18. The van der Waals surface area contributed by atoms with Gasteiger partial charge in [0.2, 0.25) is 5.91 Å². The van der Waals surface area contributed by atoms with Crippen LogP contribution in [-0.4, -0.2) is 31.3 Å². The summed E-state index contributed by atoms with van der Waals surface area (Å²) >= 11 is 0. The Morgan fingerprint density at radius 3 is 2.08 bits per heavy atom. The van der Waals surface area contributed by atoms with Gasteiger partial charge in [-0.15, -0.1) is 0 Å². The number of anilines is 1. The van der Waals surface area contributed by atoms with Crippen molar-refractivity contribution in [1.82, 2.24) is 5.32 Å². The first-order valence-corrected chi connectivity index (χ1v) is 8.41. The van der Waals surface area contributed by atoms with E-state index in [2.05, 4.69) is 10.6 Å². The Labute approximate surface area is 152 Å². The van der Waals surface area contributed by atoms with E-state index in [0.717, 1.165) is 0 Å². The van der Waals surface area contributed by atoms with Crippen LogP contribution in [0.1, 0.15) is 40.5 Å². The first-order valence-electron chi connectivity index (χ1n) is 8.41. The van der Waals surface area contributed by atoms with Gasteiger partial charge >= 0.3 is 0 Å². The van der Waals surface area contributed by atoms with Crippen molar-refractivity contribution in [2.24, 2.45) is 0 Å². The van der Waals surface area contributed by atoms with Gasteiger partial charge in [-0.25, -0.2) is 0 Å². The van der Waals surface area contributed by atoms with E-state index >= 15 is 0 Å². The summed E-state index contributed by atoms with van der Waals surface area (Å²) in [6.45, 7) is 2.46. The number of benzene rings is 2. The van der Waals surface area contributed by atoms with Crippen LogP contribution >= 0.6 is 0 Å². The quantitative estimate of drug-likeness (QED) is 0.714. The third-order valence-electron chi connectivity index (χ3n) is 3.72. The highest BCUT2D eigenvalue weighted by atomic mass is 16.5. The Morgan fingerprint density at radius 2 is 1.50 bits per heavy atom. The molecule has 26 heavy (non-hydrogen) atoms. The summed E-state index contributed by atoms with van der Waals surface area (Å²) in [7, 11) is 1.55. The summed E-state index contributed by atoms with van der Waals surface area (Å²) in [6.07, 6.45) is 0.208. The molecule has 2 aromatic rings. The molecule has 0 atom stereocenters. The number of ether oxygens (including phenoxy) is 1. The predicted molar refractivity (Wildman–Crippen MR) is 99.6 cm³/mol. The number of carbonyl (C=O) groups is 3. The number of nitrogens with one attached hydrogen (secondary N) is 2. The van der Waals surface area contributed by atoms with Crippen LogP contribution in [0.15, 0.2) is 48.5 Å². The van der Waals surface area contributed by atoms with Gasteiger partial charge in [0, 0.05) is 36.7 Å². The Balaban J connectivity index is 1.84. The van der Waals surface area contributed by atoms with Crippen LogP contribution in [0.4, 0.5) is 5.69 Å². The number of Topliss-reactive ketones (excluding diaryl/α,β-unsaturated/α-hetero) is 1. The van der Waals surface area contributed by atoms with Crippen molar-refractivity contribution in [1.29, 1.82) is 0 Å². The summed E-state index contributed by atoms with van der Waals surface area (Å²) in [4.78, 5) is 35.6.